The molecule has 0 aromatic carbocycles. The van der Waals surface area contributed by atoms with Gasteiger partial charge in [0.15, 0.2) is 5.76 Å². The Morgan fingerprint density at radius 2 is 2.43 bits per heavy atom. The van der Waals surface area contributed by atoms with Crippen LogP contribution in [0.2, 0.25) is 0 Å². The lowest BCUT2D eigenvalue weighted by molar-refractivity contribution is -0.127. The molecule has 6 nitrogen and oxygen atoms in total. The molecule has 0 aliphatic rings. The van der Waals surface area contributed by atoms with Crippen LogP contribution in [0.15, 0.2) is 28.1 Å². The molecule has 0 bridgehead atoms. The summed E-state index contributed by atoms with van der Waals surface area (Å²) >= 11 is 1.58. The molecule has 0 saturated heterocycles. The fourth-order valence-electron chi connectivity index (χ4n) is 1.77. The van der Waals surface area contributed by atoms with E-state index in [1.807, 2.05) is 30.5 Å². The summed E-state index contributed by atoms with van der Waals surface area (Å²) in [5.41, 5.74) is 0.663. The highest BCUT2D eigenvalue weighted by molar-refractivity contribution is 7.13. The summed E-state index contributed by atoms with van der Waals surface area (Å²) in [5, 5.41) is 8.65. The Morgan fingerprint density at radius 3 is 3.14 bits per heavy atom. The van der Waals surface area contributed by atoms with Crippen LogP contribution >= 0.6 is 11.3 Å². The second-order valence-electron chi connectivity index (χ2n) is 4.58. The summed E-state index contributed by atoms with van der Waals surface area (Å²) < 4.78 is 15.5. The number of hydrogen-bond donors (Lipinski definition) is 1. The van der Waals surface area contributed by atoms with Crippen molar-refractivity contribution in [3.63, 3.8) is 0 Å². The van der Waals surface area contributed by atoms with Crippen LogP contribution in [0.25, 0.3) is 10.6 Å². The molecule has 1 unspecified atom stereocenters. The lowest BCUT2D eigenvalue weighted by Gasteiger charge is -2.12. The number of carbonyl (C=O) groups excluding carboxylic acids is 1. The molecule has 1 amide bonds. The van der Waals surface area contributed by atoms with Gasteiger partial charge in [-0.15, -0.1) is 11.3 Å². The van der Waals surface area contributed by atoms with E-state index in [-0.39, 0.29) is 25.2 Å². The van der Waals surface area contributed by atoms with Crippen molar-refractivity contribution in [3.8, 4) is 10.6 Å². The summed E-state index contributed by atoms with van der Waals surface area (Å²) in [6.07, 6.45) is 0. The minimum Gasteiger partial charge on any atom is -0.383 e. The van der Waals surface area contributed by atoms with Crippen molar-refractivity contribution in [2.45, 2.75) is 19.6 Å². The van der Waals surface area contributed by atoms with Gasteiger partial charge in [0.05, 0.1) is 18.1 Å². The Bertz CT molecular complexity index is 553. The first kappa shape index (κ1) is 15.7. The number of thiophene rings is 1. The van der Waals surface area contributed by atoms with E-state index < -0.39 is 0 Å². The van der Waals surface area contributed by atoms with Gasteiger partial charge in [-0.05, 0) is 18.4 Å². The number of ether oxygens (including phenoxy) is 2. The first-order valence-electron chi connectivity index (χ1n) is 6.54. The molecule has 2 heterocycles. The minimum atomic E-state index is -0.179. The number of nitrogens with one attached hydrogen (secondary N) is 1. The molecule has 0 radical (unpaired) electrons. The summed E-state index contributed by atoms with van der Waals surface area (Å²) in [4.78, 5) is 12.6. The zero-order chi connectivity index (χ0) is 15.1. The van der Waals surface area contributed by atoms with Crippen molar-refractivity contribution in [1.82, 2.24) is 10.5 Å². The van der Waals surface area contributed by atoms with Gasteiger partial charge in [-0.1, -0.05) is 11.2 Å². The molecule has 2 rings (SSSR count). The summed E-state index contributed by atoms with van der Waals surface area (Å²) in [5.74, 6) is 0.531. The molecule has 0 spiro atoms. The molecule has 2 aromatic rings. The van der Waals surface area contributed by atoms with Crippen molar-refractivity contribution >= 4 is 17.2 Å². The molecule has 114 valence electrons. The predicted octanol–water partition coefficient (Wildman–Crippen LogP) is 2.07. The lowest BCUT2D eigenvalue weighted by atomic mass is 10.3. The number of methoxy groups -OCH3 is 1. The second-order valence-corrected chi connectivity index (χ2v) is 5.52. The normalized spacial score (nSPS) is 12.3. The standard InChI is InChI=1S/C14H18N2O4S/c1-10(7-18-2)15-14(17)9-19-8-11-6-12(20-16-11)13-4-3-5-21-13/h3-6,10H,7-9H2,1-2H3,(H,15,17). The first-order valence-corrected chi connectivity index (χ1v) is 7.42. The number of nitrogens with zero attached hydrogens (tertiary/aromatic N) is 1. The first-order chi connectivity index (χ1) is 10.2. The SMILES string of the molecule is COCC(C)NC(=O)COCc1cc(-c2cccs2)on1. The van der Waals surface area contributed by atoms with Gasteiger partial charge in [0.2, 0.25) is 5.91 Å². The smallest absolute Gasteiger partial charge is 0.246 e. The third kappa shape index (κ3) is 4.96. The lowest BCUT2D eigenvalue weighted by Crippen LogP contribution is -2.37. The maximum atomic E-state index is 11.6. The molecule has 2 aromatic heterocycles. The predicted molar refractivity (Wildman–Crippen MR) is 79.0 cm³/mol. The Labute approximate surface area is 127 Å². The van der Waals surface area contributed by atoms with E-state index >= 15 is 0 Å². The fraction of sp³-hybridized carbons (Fsp3) is 0.429. The summed E-state index contributed by atoms with van der Waals surface area (Å²) in [6.45, 7) is 2.56. The zero-order valence-corrected chi connectivity index (χ0v) is 12.8. The van der Waals surface area contributed by atoms with Gasteiger partial charge in [-0.25, -0.2) is 0 Å². The molecule has 7 heteroatoms. The van der Waals surface area contributed by atoms with Gasteiger partial charge >= 0.3 is 0 Å². The molecule has 21 heavy (non-hydrogen) atoms. The fourth-order valence-corrected chi connectivity index (χ4v) is 2.44. The quantitative estimate of drug-likeness (QED) is 0.808. The van der Waals surface area contributed by atoms with Gasteiger partial charge in [-0.3, -0.25) is 4.79 Å². The molecule has 0 fully saturated rings. The largest absolute Gasteiger partial charge is 0.383 e. The molecule has 0 aliphatic carbocycles. The molecule has 1 N–H and O–H groups in total. The van der Waals surface area contributed by atoms with Gasteiger partial charge in [0.25, 0.3) is 0 Å². The maximum absolute atomic E-state index is 11.6. The zero-order valence-electron chi connectivity index (χ0n) is 12.0. The second kappa shape index (κ2) is 7.92. The Hall–Kier alpha value is -1.70. The summed E-state index contributed by atoms with van der Waals surface area (Å²) in [6, 6.07) is 5.69. The highest BCUT2D eigenvalue weighted by Gasteiger charge is 2.10. The van der Waals surface area contributed by atoms with Crippen LogP contribution in [-0.4, -0.2) is 37.4 Å². The van der Waals surface area contributed by atoms with E-state index in [4.69, 9.17) is 14.0 Å². The average molecular weight is 310 g/mol. The average Bonchev–Trinajstić information content (AvgIpc) is 3.09. The number of amides is 1. The van der Waals surface area contributed by atoms with E-state index in [0.717, 1.165) is 4.88 Å². The van der Waals surface area contributed by atoms with E-state index in [9.17, 15) is 4.79 Å². The van der Waals surface area contributed by atoms with Gasteiger partial charge in [0.1, 0.15) is 12.3 Å². The van der Waals surface area contributed by atoms with Crippen LogP contribution in [0.4, 0.5) is 0 Å². The van der Waals surface area contributed by atoms with E-state index in [1.165, 1.54) is 0 Å². The Kier molecular flexibility index (Phi) is 5.91. The Morgan fingerprint density at radius 1 is 1.57 bits per heavy atom. The highest BCUT2D eigenvalue weighted by Crippen LogP contribution is 2.25. The highest BCUT2D eigenvalue weighted by atomic mass is 32.1. The topological polar surface area (TPSA) is 73.6 Å². The maximum Gasteiger partial charge on any atom is 0.246 e. The van der Waals surface area contributed by atoms with E-state index in [0.29, 0.717) is 18.1 Å². The van der Waals surface area contributed by atoms with E-state index in [2.05, 4.69) is 10.5 Å². The number of carbonyl (C=O) groups is 1. The van der Waals surface area contributed by atoms with Crippen molar-refractivity contribution in [2.24, 2.45) is 0 Å². The molecule has 0 saturated carbocycles. The van der Waals surface area contributed by atoms with Gasteiger partial charge in [0, 0.05) is 19.2 Å². The van der Waals surface area contributed by atoms with Crippen molar-refractivity contribution in [3.05, 3.63) is 29.3 Å². The molecular weight excluding hydrogens is 292 g/mol. The Balaban J connectivity index is 1.73. The number of aromatic nitrogens is 1. The van der Waals surface area contributed by atoms with Crippen LogP contribution in [0.3, 0.4) is 0 Å². The van der Waals surface area contributed by atoms with Crippen LogP contribution in [0.5, 0.6) is 0 Å². The van der Waals surface area contributed by atoms with Gasteiger partial charge in [-0.2, -0.15) is 0 Å². The number of hydrogen-bond acceptors (Lipinski definition) is 6. The van der Waals surface area contributed by atoms with Crippen molar-refractivity contribution in [1.29, 1.82) is 0 Å². The third-order valence-electron chi connectivity index (χ3n) is 2.63. The molecule has 1 atom stereocenters. The van der Waals surface area contributed by atoms with Gasteiger partial charge < -0.3 is 19.3 Å². The monoisotopic (exact) mass is 310 g/mol. The van der Waals surface area contributed by atoms with Crippen LogP contribution in [-0.2, 0) is 20.9 Å². The van der Waals surface area contributed by atoms with Crippen LogP contribution < -0.4 is 5.32 Å². The number of rotatable bonds is 8. The third-order valence-corrected chi connectivity index (χ3v) is 3.51. The minimum absolute atomic E-state index is 0.0186. The molecular formula is C14H18N2O4S. The molecule has 0 aliphatic heterocycles. The summed E-state index contributed by atoms with van der Waals surface area (Å²) in [7, 11) is 1.59. The van der Waals surface area contributed by atoms with Crippen molar-refractivity contribution in [2.75, 3.05) is 20.3 Å². The van der Waals surface area contributed by atoms with Crippen LogP contribution in [0, 0.1) is 0 Å². The van der Waals surface area contributed by atoms with Crippen LogP contribution in [0.1, 0.15) is 12.6 Å². The van der Waals surface area contributed by atoms with E-state index in [1.54, 1.807) is 18.4 Å². The van der Waals surface area contributed by atoms with Crippen molar-refractivity contribution < 1.29 is 18.8 Å².